The predicted octanol–water partition coefficient (Wildman–Crippen LogP) is 3.71. The zero-order valence-corrected chi connectivity index (χ0v) is 16.8. The smallest absolute Gasteiger partial charge is 0.206 e. The molecule has 0 aliphatic carbocycles. The third-order valence-electron chi connectivity index (χ3n) is 4.42. The number of anilines is 1. The second-order valence-corrected chi connectivity index (χ2v) is 8.48. The molecule has 0 aromatic carbocycles. The van der Waals surface area contributed by atoms with Crippen LogP contribution in [0.4, 0.5) is 5.13 Å². The van der Waals surface area contributed by atoms with Crippen LogP contribution >= 0.6 is 23.1 Å². The SMILES string of the molecule is C=CCn1c(C)cc(C(=O)CSc2nnc(NC[C@H]3CCCO3)s2)c1C. The zero-order valence-electron chi connectivity index (χ0n) is 15.2. The maximum Gasteiger partial charge on any atom is 0.206 e. The standard InChI is InChI=1S/C18H24N4O2S2/c1-4-7-22-12(2)9-15(13(22)3)16(23)11-25-18-21-20-17(26-18)19-10-14-6-5-8-24-14/h4,9,14H,1,5-8,10-11H2,2-3H3,(H,19,20)/t14-/m1/s1. The highest BCUT2D eigenvalue weighted by Crippen LogP contribution is 2.27. The number of rotatable bonds is 9. The number of hydrogen-bond donors (Lipinski definition) is 1. The quantitative estimate of drug-likeness (QED) is 0.399. The third kappa shape index (κ3) is 4.55. The molecule has 1 atom stereocenters. The Kier molecular flexibility index (Phi) is 6.50. The molecule has 1 N–H and O–H groups in total. The lowest BCUT2D eigenvalue weighted by Gasteiger charge is -2.08. The molecule has 1 aliphatic heterocycles. The van der Waals surface area contributed by atoms with E-state index in [0.29, 0.717) is 12.3 Å². The summed E-state index contributed by atoms with van der Waals surface area (Å²) in [5.41, 5.74) is 2.84. The molecule has 0 spiro atoms. The van der Waals surface area contributed by atoms with Crippen molar-refractivity contribution < 1.29 is 9.53 Å². The third-order valence-corrected chi connectivity index (χ3v) is 6.44. The van der Waals surface area contributed by atoms with Gasteiger partial charge >= 0.3 is 0 Å². The fraction of sp³-hybridized carbons (Fsp3) is 0.500. The van der Waals surface area contributed by atoms with E-state index in [-0.39, 0.29) is 11.9 Å². The highest BCUT2D eigenvalue weighted by molar-refractivity contribution is 8.01. The lowest BCUT2D eigenvalue weighted by Crippen LogP contribution is -2.18. The average Bonchev–Trinajstić information content (AvgIpc) is 3.35. The maximum atomic E-state index is 12.6. The summed E-state index contributed by atoms with van der Waals surface area (Å²) in [5.74, 6) is 0.473. The molecule has 1 fully saturated rings. The number of ether oxygens (including phenoxy) is 1. The number of Topliss-reactive ketones (excluding diaryl/α,β-unsaturated/α-hetero) is 1. The Hall–Kier alpha value is -1.64. The van der Waals surface area contributed by atoms with E-state index in [1.54, 1.807) is 0 Å². The lowest BCUT2D eigenvalue weighted by atomic mass is 10.2. The molecule has 3 rings (SSSR count). The van der Waals surface area contributed by atoms with E-state index in [1.807, 2.05) is 26.0 Å². The Morgan fingerprint density at radius 3 is 3.12 bits per heavy atom. The highest BCUT2D eigenvalue weighted by atomic mass is 32.2. The number of thioether (sulfide) groups is 1. The van der Waals surface area contributed by atoms with Crippen molar-refractivity contribution in [2.45, 2.75) is 43.7 Å². The van der Waals surface area contributed by atoms with Gasteiger partial charge in [-0.1, -0.05) is 29.2 Å². The molecule has 6 nitrogen and oxygen atoms in total. The number of carbonyl (C=O) groups excluding carboxylic acids is 1. The molecule has 0 radical (unpaired) electrons. The van der Waals surface area contributed by atoms with Crippen LogP contribution in [0.15, 0.2) is 23.1 Å². The molecular formula is C18H24N4O2S2. The summed E-state index contributed by atoms with van der Waals surface area (Å²) in [7, 11) is 0. The van der Waals surface area contributed by atoms with Crippen molar-refractivity contribution in [1.29, 1.82) is 0 Å². The second-order valence-electron chi connectivity index (χ2n) is 6.28. The molecule has 140 valence electrons. The van der Waals surface area contributed by atoms with E-state index < -0.39 is 0 Å². The first kappa shape index (κ1) is 19.1. The number of hydrogen-bond acceptors (Lipinski definition) is 7. The first-order chi connectivity index (χ1) is 12.6. The van der Waals surface area contributed by atoms with Crippen molar-refractivity contribution in [3.8, 4) is 0 Å². The van der Waals surface area contributed by atoms with Gasteiger partial charge < -0.3 is 14.6 Å². The van der Waals surface area contributed by atoms with Gasteiger partial charge in [-0.15, -0.1) is 16.8 Å². The number of aromatic nitrogens is 3. The Bertz CT molecular complexity index is 778. The van der Waals surface area contributed by atoms with Crippen molar-refractivity contribution in [2.24, 2.45) is 0 Å². The van der Waals surface area contributed by atoms with Gasteiger partial charge in [0.1, 0.15) is 0 Å². The van der Waals surface area contributed by atoms with Crippen molar-refractivity contribution in [2.75, 3.05) is 24.2 Å². The van der Waals surface area contributed by atoms with Crippen LogP contribution in [0.3, 0.4) is 0 Å². The minimum Gasteiger partial charge on any atom is -0.376 e. The highest BCUT2D eigenvalue weighted by Gasteiger charge is 2.18. The monoisotopic (exact) mass is 392 g/mol. The van der Waals surface area contributed by atoms with Crippen LogP contribution in [0.5, 0.6) is 0 Å². The van der Waals surface area contributed by atoms with Crippen LogP contribution in [0.2, 0.25) is 0 Å². The van der Waals surface area contributed by atoms with Crippen molar-refractivity contribution in [1.82, 2.24) is 14.8 Å². The van der Waals surface area contributed by atoms with E-state index in [0.717, 1.165) is 52.4 Å². The van der Waals surface area contributed by atoms with Gasteiger partial charge in [-0.25, -0.2) is 0 Å². The fourth-order valence-electron chi connectivity index (χ4n) is 3.04. The van der Waals surface area contributed by atoms with Gasteiger partial charge in [0.2, 0.25) is 5.13 Å². The molecule has 0 saturated carbocycles. The molecule has 8 heteroatoms. The number of carbonyl (C=O) groups is 1. The van der Waals surface area contributed by atoms with Crippen molar-refractivity contribution >= 4 is 34.0 Å². The molecule has 3 heterocycles. The number of aryl methyl sites for hydroxylation is 1. The number of ketones is 1. The minimum absolute atomic E-state index is 0.113. The average molecular weight is 393 g/mol. The van der Waals surface area contributed by atoms with Crippen molar-refractivity contribution in [3.63, 3.8) is 0 Å². The zero-order chi connectivity index (χ0) is 18.5. The van der Waals surface area contributed by atoms with Crippen LogP contribution in [-0.4, -0.2) is 45.6 Å². The molecule has 1 saturated heterocycles. The molecule has 2 aromatic heterocycles. The molecule has 1 aliphatic rings. The predicted molar refractivity (Wildman–Crippen MR) is 107 cm³/mol. The Morgan fingerprint density at radius 2 is 2.38 bits per heavy atom. The summed E-state index contributed by atoms with van der Waals surface area (Å²) in [5, 5.41) is 12.3. The summed E-state index contributed by atoms with van der Waals surface area (Å²) in [6.45, 7) is 10.1. The summed E-state index contributed by atoms with van der Waals surface area (Å²) in [4.78, 5) is 12.6. The number of nitrogens with zero attached hydrogens (tertiary/aromatic N) is 3. The first-order valence-electron chi connectivity index (χ1n) is 8.71. The number of allylic oxidation sites excluding steroid dienone is 1. The van der Waals surface area contributed by atoms with Crippen LogP contribution in [0.1, 0.15) is 34.6 Å². The van der Waals surface area contributed by atoms with Crippen molar-refractivity contribution in [3.05, 3.63) is 35.7 Å². The van der Waals surface area contributed by atoms with Crippen LogP contribution in [0.25, 0.3) is 0 Å². The van der Waals surface area contributed by atoms with Gasteiger partial charge in [-0.05, 0) is 32.8 Å². The summed E-state index contributed by atoms with van der Waals surface area (Å²) < 4.78 is 8.48. The fourth-order valence-corrected chi connectivity index (χ4v) is 4.69. The van der Waals surface area contributed by atoms with E-state index >= 15 is 0 Å². The van der Waals surface area contributed by atoms with E-state index in [9.17, 15) is 4.79 Å². The van der Waals surface area contributed by atoms with Gasteiger partial charge in [0.05, 0.1) is 11.9 Å². The maximum absolute atomic E-state index is 12.6. The van der Waals surface area contributed by atoms with Crippen LogP contribution in [0, 0.1) is 13.8 Å². The normalized spacial score (nSPS) is 16.8. The largest absolute Gasteiger partial charge is 0.376 e. The summed E-state index contributed by atoms with van der Waals surface area (Å²) >= 11 is 2.91. The van der Waals surface area contributed by atoms with Crippen LogP contribution in [-0.2, 0) is 11.3 Å². The summed E-state index contributed by atoms with van der Waals surface area (Å²) in [6, 6.07) is 1.95. The Morgan fingerprint density at radius 1 is 1.54 bits per heavy atom. The van der Waals surface area contributed by atoms with Gasteiger partial charge in [0, 0.05) is 36.6 Å². The van der Waals surface area contributed by atoms with Gasteiger partial charge in [-0.3, -0.25) is 4.79 Å². The molecule has 2 aromatic rings. The lowest BCUT2D eigenvalue weighted by molar-refractivity contribution is 0.102. The van der Waals surface area contributed by atoms with Gasteiger partial charge in [-0.2, -0.15) is 0 Å². The van der Waals surface area contributed by atoms with E-state index in [1.165, 1.54) is 23.1 Å². The van der Waals surface area contributed by atoms with Gasteiger partial charge in [0.25, 0.3) is 0 Å². The molecule has 0 amide bonds. The van der Waals surface area contributed by atoms with Crippen LogP contribution < -0.4 is 5.32 Å². The molecule has 0 bridgehead atoms. The minimum atomic E-state index is 0.113. The topological polar surface area (TPSA) is 69.0 Å². The van der Waals surface area contributed by atoms with E-state index in [4.69, 9.17) is 4.74 Å². The number of nitrogens with one attached hydrogen (secondary N) is 1. The first-order valence-corrected chi connectivity index (χ1v) is 10.5. The molecular weight excluding hydrogens is 368 g/mol. The Labute approximate surface area is 162 Å². The molecule has 26 heavy (non-hydrogen) atoms. The Balaban J connectivity index is 1.53. The summed E-state index contributed by atoms with van der Waals surface area (Å²) in [6.07, 6.45) is 4.32. The molecule has 0 unspecified atom stereocenters. The van der Waals surface area contributed by atoms with Gasteiger partial charge in [0.15, 0.2) is 10.1 Å². The second kappa shape index (κ2) is 8.83. The van der Waals surface area contributed by atoms with E-state index in [2.05, 4.69) is 26.7 Å².